The zero-order valence-electron chi connectivity index (χ0n) is 13.4. The number of amides is 1. The van der Waals surface area contributed by atoms with Crippen LogP contribution in [0.3, 0.4) is 0 Å². The van der Waals surface area contributed by atoms with Gasteiger partial charge in [-0.25, -0.2) is 0 Å². The van der Waals surface area contributed by atoms with E-state index in [9.17, 15) is 4.79 Å². The molecule has 1 heterocycles. The number of halogens is 1. The van der Waals surface area contributed by atoms with Gasteiger partial charge in [-0.3, -0.25) is 10.1 Å². The number of anilines is 1. The van der Waals surface area contributed by atoms with Gasteiger partial charge in [0, 0.05) is 27.1 Å². The molecule has 3 aromatic rings. The fourth-order valence-electron chi connectivity index (χ4n) is 2.14. The minimum atomic E-state index is -0.234. The molecule has 2 aromatic carbocycles. The Labute approximate surface area is 157 Å². The molecule has 6 nitrogen and oxygen atoms in total. The van der Waals surface area contributed by atoms with Crippen molar-refractivity contribution >= 4 is 38.5 Å². The predicted octanol–water partition coefficient (Wildman–Crippen LogP) is 4.24. The van der Waals surface area contributed by atoms with E-state index in [1.54, 1.807) is 38.5 Å². The van der Waals surface area contributed by atoms with Crippen molar-refractivity contribution in [2.45, 2.75) is 0 Å². The summed E-state index contributed by atoms with van der Waals surface area (Å²) in [6, 6.07) is 12.5. The van der Waals surface area contributed by atoms with Crippen LogP contribution in [0.5, 0.6) is 11.5 Å². The lowest BCUT2D eigenvalue weighted by Crippen LogP contribution is -2.11. The maximum Gasteiger partial charge on any atom is 0.257 e. The van der Waals surface area contributed by atoms with Crippen LogP contribution < -0.4 is 14.8 Å². The molecule has 0 fully saturated rings. The molecule has 3 rings (SSSR count). The first-order valence-corrected chi connectivity index (χ1v) is 8.80. The molecule has 0 unspecified atom stereocenters. The van der Waals surface area contributed by atoms with E-state index in [0.717, 1.165) is 21.6 Å². The molecule has 0 radical (unpaired) electrons. The number of nitrogens with zero attached hydrogens (tertiary/aromatic N) is 2. The van der Waals surface area contributed by atoms with Crippen LogP contribution >= 0.6 is 27.5 Å². The third kappa shape index (κ3) is 3.97. The van der Waals surface area contributed by atoms with E-state index in [4.69, 9.17) is 9.47 Å². The van der Waals surface area contributed by atoms with E-state index in [-0.39, 0.29) is 5.91 Å². The molecule has 0 saturated heterocycles. The van der Waals surface area contributed by atoms with Gasteiger partial charge >= 0.3 is 0 Å². The molecular weight excluding hydrogens is 406 g/mol. The fraction of sp³-hybridized carbons (Fsp3) is 0.118. The number of rotatable bonds is 5. The van der Waals surface area contributed by atoms with Crippen molar-refractivity contribution in [3.63, 3.8) is 0 Å². The first kappa shape index (κ1) is 17.4. The van der Waals surface area contributed by atoms with Crippen molar-refractivity contribution in [1.82, 2.24) is 9.36 Å². The van der Waals surface area contributed by atoms with Gasteiger partial charge in [-0.1, -0.05) is 15.9 Å². The third-order valence-corrected chi connectivity index (χ3v) is 4.55. The van der Waals surface area contributed by atoms with Crippen LogP contribution in [-0.4, -0.2) is 29.5 Å². The number of benzene rings is 2. The van der Waals surface area contributed by atoms with Gasteiger partial charge in [0.15, 0.2) is 17.3 Å². The normalized spacial score (nSPS) is 10.4. The van der Waals surface area contributed by atoms with Gasteiger partial charge in [0.2, 0.25) is 5.13 Å². The van der Waals surface area contributed by atoms with Gasteiger partial charge < -0.3 is 9.47 Å². The van der Waals surface area contributed by atoms with Crippen LogP contribution in [-0.2, 0) is 0 Å². The van der Waals surface area contributed by atoms with Crippen molar-refractivity contribution in [2.24, 2.45) is 0 Å². The second-order valence-corrected chi connectivity index (χ2v) is 6.62. The second-order valence-electron chi connectivity index (χ2n) is 4.95. The lowest BCUT2D eigenvalue weighted by Gasteiger charge is -2.07. The maximum absolute atomic E-state index is 12.2. The van der Waals surface area contributed by atoms with Crippen LogP contribution in [0.4, 0.5) is 5.13 Å². The second kappa shape index (κ2) is 7.62. The van der Waals surface area contributed by atoms with E-state index < -0.39 is 0 Å². The highest BCUT2D eigenvalue weighted by Crippen LogP contribution is 2.32. The Morgan fingerprint density at radius 1 is 1.08 bits per heavy atom. The summed E-state index contributed by atoms with van der Waals surface area (Å²) < 4.78 is 15.7. The highest BCUT2D eigenvalue weighted by molar-refractivity contribution is 9.10. The Morgan fingerprint density at radius 3 is 2.48 bits per heavy atom. The number of ether oxygens (including phenoxy) is 2. The number of hydrogen-bond donors (Lipinski definition) is 1. The highest BCUT2D eigenvalue weighted by Gasteiger charge is 2.13. The summed E-state index contributed by atoms with van der Waals surface area (Å²) in [5, 5.41) is 3.18. The molecule has 0 aliphatic carbocycles. The van der Waals surface area contributed by atoms with Crippen molar-refractivity contribution in [2.75, 3.05) is 19.5 Å². The van der Waals surface area contributed by atoms with Gasteiger partial charge in [-0.2, -0.15) is 9.36 Å². The van der Waals surface area contributed by atoms with E-state index in [0.29, 0.717) is 28.0 Å². The molecule has 0 atom stereocenters. The number of hydrogen-bond acceptors (Lipinski definition) is 6. The Hall–Kier alpha value is -2.45. The Bertz CT molecular complexity index is 896. The molecule has 0 spiro atoms. The molecule has 25 heavy (non-hydrogen) atoms. The van der Waals surface area contributed by atoms with Crippen LogP contribution in [0.15, 0.2) is 46.9 Å². The molecule has 128 valence electrons. The summed E-state index contributed by atoms with van der Waals surface area (Å²) >= 11 is 4.46. The molecule has 8 heteroatoms. The number of carbonyl (C=O) groups is 1. The topological polar surface area (TPSA) is 73.3 Å². The van der Waals surface area contributed by atoms with Crippen molar-refractivity contribution < 1.29 is 14.3 Å². The molecule has 1 N–H and O–H groups in total. The first-order chi connectivity index (χ1) is 12.1. The Balaban J connectivity index is 1.78. The van der Waals surface area contributed by atoms with E-state index >= 15 is 0 Å². The van der Waals surface area contributed by atoms with E-state index in [2.05, 4.69) is 30.6 Å². The average molecular weight is 420 g/mol. The Morgan fingerprint density at radius 2 is 1.80 bits per heavy atom. The summed E-state index contributed by atoms with van der Waals surface area (Å²) in [6.07, 6.45) is 0. The van der Waals surface area contributed by atoms with Crippen LogP contribution in [0.25, 0.3) is 11.4 Å². The molecule has 0 saturated carbocycles. The molecule has 1 aromatic heterocycles. The summed E-state index contributed by atoms with van der Waals surface area (Å²) in [7, 11) is 3.15. The summed E-state index contributed by atoms with van der Waals surface area (Å²) in [6.45, 7) is 0. The standard InChI is InChI=1S/C17H14BrN3O3S/c1-23-13-8-5-11(9-14(13)24-2)15-19-17(25-21-15)20-16(22)10-3-6-12(18)7-4-10/h3-9H,1-2H3,(H,19,20,21,22). The molecule has 0 aliphatic heterocycles. The van der Waals surface area contributed by atoms with Crippen molar-refractivity contribution in [3.05, 3.63) is 52.5 Å². The molecule has 1 amide bonds. The quantitative estimate of drug-likeness (QED) is 0.669. The minimum Gasteiger partial charge on any atom is -0.493 e. The number of aromatic nitrogens is 2. The first-order valence-electron chi connectivity index (χ1n) is 7.23. The lowest BCUT2D eigenvalue weighted by atomic mass is 10.2. The third-order valence-electron chi connectivity index (χ3n) is 3.39. The zero-order chi connectivity index (χ0) is 17.8. The number of carbonyl (C=O) groups excluding carboxylic acids is 1. The summed E-state index contributed by atoms with van der Waals surface area (Å²) in [5.41, 5.74) is 1.32. The minimum absolute atomic E-state index is 0.234. The van der Waals surface area contributed by atoms with Crippen molar-refractivity contribution in [1.29, 1.82) is 0 Å². The SMILES string of the molecule is COc1ccc(-c2nsc(NC(=O)c3ccc(Br)cc3)n2)cc1OC. The zero-order valence-corrected chi connectivity index (χ0v) is 15.8. The summed E-state index contributed by atoms with van der Waals surface area (Å²) in [5.74, 6) is 1.50. The number of methoxy groups -OCH3 is 2. The van der Waals surface area contributed by atoms with Gasteiger partial charge in [-0.05, 0) is 42.5 Å². The molecule has 0 bridgehead atoms. The lowest BCUT2D eigenvalue weighted by molar-refractivity contribution is 0.102. The number of nitrogens with one attached hydrogen (secondary N) is 1. The van der Waals surface area contributed by atoms with Gasteiger partial charge in [-0.15, -0.1) is 0 Å². The molecular formula is C17H14BrN3O3S. The summed E-state index contributed by atoms with van der Waals surface area (Å²) in [4.78, 5) is 16.6. The van der Waals surface area contributed by atoms with Gasteiger partial charge in [0.25, 0.3) is 5.91 Å². The highest BCUT2D eigenvalue weighted by atomic mass is 79.9. The van der Waals surface area contributed by atoms with Crippen LogP contribution in [0, 0.1) is 0 Å². The molecule has 0 aliphatic rings. The van der Waals surface area contributed by atoms with Crippen LogP contribution in [0.1, 0.15) is 10.4 Å². The largest absolute Gasteiger partial charge is 0.493 e. The van der Waals surface area contributed by atoms with Crippen LogP contribution in [0.2, 0.25) is 0 Å². The van der Waals surface area contributed by atoms with E-state index in [1.807, 2.05) is 18.2 Å². The van der Waals surface area contributed by atoms with Gasteiger partial charge in [0.1, 0.15) is 0 Å². The van der Waals surface area contributed by atoms with Gasteiger partial charge in [0.05, 0.1) is 14.2 Å². The maximum atomic E-state index is 12.2. The van der Waals surface area contributed by atoms with Crippen molar-refractivity contribution in [3.8, 4) is 22.9 Å². The monoisotopic (exact) mass is 419 g/mol. The predicted molar refractivity (Wildman–Crippen MR) is 101 cm³/mol. The Kier molecular flexibility index (Phi) is 5.30. The van der Waals surface area contributed by atoms with E-state index in [1.165, 1.54) is 0 Å². The smallest absolute Gasteiger partial charge is 0.257 e. The fourth-order valence-corrected chi connectivity index (χ4v) is 2.99. The average Bonchev–Trinajstić information content (AvgIpc) is 3.10.